The number of para-hydroxylation sites is 1. The van der Waals surface area contributed by atoms with Gasteiger partial charge in [-0.15, -0.1) is 6.42 Å². The molecule has 86 valence electrons. The Bertz CT molecular complexity index is 607. The molecular weight excluding hydrogens is 214 g/mol. The molecule has 0 radical (unpaired) electrons. The number of amides is 1. The largest absolute Gasteiger partial charge is 0.397 e. The summed E-state index contributed by atoms with van der Waals surface area (Å²) in [4.78, 5) is 14.8. The minimum absolute atomic E-state index is 0.231. The molecule has 1 heterocycles. The molecule has 4 nitrogen and oxygen atoms in total. The van der Waals surface area contributed by atoms with Crippen molar-refractivity contribution in [1.82, 2.24) is 10.3 Å². The molecule has 0 fully saturated rings. The first-order chi connectivity index (χ1) is 8.11. The van der Waals surface area contributed by atoms with Crippen molar-refractivity contribution in [3.05, 3.63) is 30.0 Å². The minimum Gasteiger partial charge on any atom is -0.397 e. The van der Waals surface area contributed by atoms with E-state index in [4.69, 9.17) is 12.2 Å². The van der Waals surface area contributed by atoms with Gasteiger partial charge in [0.15, 0.2) is 0 Å². The van der Waals surface area contributed by atoms with Crippen LogP contribution in [0.25, 0.3) is 10.9 Å². The standard InChI is InChI=1S/C13H13N3O/c1-3-8(2)15-13(17)11-7-9-5-4-6-10(14)12(9)16-11/h1,4-8,16H,14H2,2H3,(H,15,17). The van der Waals surface area contributed by atoms with Crippen molar-refractivity contribution in [2.24, 2.45) is 0 Å². The van der Waals surface area contributed by atoms with E-state index in [1.807, 2.05) is 12.1 Å². The van der Waals surface area contributed by atoms with Gasteiger partial charge in [-0.05, 0) is 19.1 Å². The number of fused-ring (bicyclic) bond motifs is 1. The Labute approximate surface area is 99.2 Å². The average Bonchev–Trinajstić information content (AvgIpc) is 2.74. The van der Waals surface area contributed by atoms with Crippen LogP contribution < -0.4 is 11.1 Å². The van der Waals surface area contributed by atoms with Gasteiger partial charge in [0.05, 0.1) is 17.2 Å². The number of nitrogens with one attached hydrogen (secondary N) is 2. The Hall–Kier alpha value is -2.41. The highest BCUT2D eigenvalue weighted by atomic mass is 16.1. The van der Waals surface area contributed by atoms with Crippen molar-refractivity contribution in [3.8, 4) is 12.3 Å². The highest BCUT2D eigenvalue weighted by Gasteiger charge is 2.11. The number of rotatable bonds is 2. The van der Waals surface area contributed by atoms with Gasteiger partial charge in [-0.3, -0.25) is 4.79 Å². The molecule has 2 aromatic rings. The molecule has 1 aromatic carbocycles. The molecule has 1 unspecified atom stereocenters. The number of aromatic nitrogens is 1. The summed E-state index contributed by atoms with van der Waals surface area (Å²) in [6.45, 7) is 1.74. The Balaban J connectivity index is 2.34. The van der Waals surface area contributed by atoms with E-state index in [1.54, 1.807) is 19.1 Å². The topological polar surface area (TPSA) is 70.9 Å². The van der Waals surface area contributed by atoms with E-state index in [0.29, 0.717) is 11.4 Å². The van der Waals surface area contributed by atoms with Crippen LogP contribution in [0.5, 0.6) is 0 Å². The zero-order chi connectivity index (χ0) is 12.4. The maximum atomic E-state index is 11.8. The smallest absolute Gasteiger partial charge is 0.268 e. The van der Waals surface area contributed by atoms with Crippen molar-refractivity contribution in [1.29, 1.82) is 0 Å². The van der Waals surface area contributed by atoms with Gasteiger partial charge < -0.3 is 16.0 Å². The van der Waals surface area contributed by atoms with Crippen LogP contribution in [0.3, 0.4) is 0 Å². The number of hydrogen-bond donors (Lipinski definition) is 3. The molecule has 1 amide bonds. The molecule has 4 N–H and O–H groups in total. The third-order valence-electron chi connectivity index (χ3n) is 2.53. The summed E-state index contributed by atoms with van der Waals surface area (Å²) in [5.74, 6) is 2.21. The van der Waals surface area contributed by atoms with Crippen LogP contribution in [0.1, 0.15) is 17.4 Å². The third kappa shape index (κ3) is 2.08. The second kappa shape index (κ2) is 4.22. The summed E-state index contributed by atoms with van der Waals surface area (Å²) in [5, 5.41) is 3.59. The van der Waals surface area contributed by atoms with Crippen LogP contribution in [-0.2, 0) is 0 Å². The number of terminal acetylenes is 1. The number of hydrogen-bond acceptors (Lipinski definition) is 2. The van der Waals surface area contributed by atoms with E-state index in [9.17, 15) is 4.79 Å². The summed E-state index contributed by atoms with van der Waals surface area (Å²) in [7, 11) is 0. The molecule has 0 spiro atoms. The van der Waals surface area contributed by atoms with E-state index >= 15 is 0 Å². The SMILES string of the molecule is C#CC(C)NC(=O)c1cc2cccc(N)c2[nH]1. The van der Waals surface area contributed by atoms with E-state index < -0.39 is 0 Å². The number of H-pyrrole nitrogens is 1. The van der Waals surface area contributed by atoms with E-state index in [1.165, 1.54) is 0 Å². The normalized spacial score (nSPS) is 12.0. The van der Waals surface area contributed by atoms with Gasteiger partial charge in [-0.1, -0.05) is 18.1 Å². The van der Waals surface area contributed by atoms with Gasteiger partial charge >= 0.3 is 0 Å². The summed E-state index contributed by atoms with van der Waals surface area (Å²) in [5.41, 5.74) is 7.65. The van der Waals surface area contributed by atoms with Crippen LogP contribution in [0, 0.1) is 12.3 Å². The number of carbonyl (C=O) groups is 1. The highest BCUT2D eigenvalue weighted by Crippen LogP contribution is 2.20. The van der Waals surface area contributed by atoms with Crippen molar-refractivity contribution in [3.63, 3.8) is 0 Å². The van der Waals surface area contributed by atoms with Crippen molar-refractivity contribution >= 4 is 22.5 Å². The summed E-state index contributed by atoms with van der Waals surface area (Å²) < 4.78 is 0. The molecule has 2 rings (SSSR count). The second-order valence-corrected chi connectivity index (χ2v) is 3.86. The Morgan fingerprint density at radius 3 is 3.00 bits per heavy atom. The number of nitrogens with two attached hydrogens (primary N) is 1. The number of benzene rings is 1. The maximum absolute atomic E-state index is 11.8. The lowest BCUT2D eigenvalue weighted by Crippen LogP contribution is -2.31. The number of carbonyl (C=O) groups excluding carboxylic acids is 1. The third-order valence-corrected chi connectivity index (χ3v) is 2.53. The number of nitrogen functional groups attached to an aromatic ring is 1. The van der Waals surface area contributed by atoms with Gasteiger partial charge in [0.1, 0.15) is 5.69 Å². The Morgan fingerprint density at radius 1 is 1.59 bits per heavy atom. The Kier molecular flexibility index (Phi) is 2.75. The predicted octanol–water partition coefficient (Wildman–Crippen LogP) is 1.50. The lowest BCUT2D eigenvalue weighted by molar-refractivity contribution is 0.0944. The minimum atomic E-state index is -0.300. The van der Waals surface area contributed by atoms with Crippen molar-refractivity contribution in [2.75, 3.05) is 5.73 Å². The predicted molar refractivity (Wildman–Crippen MR) is 68.5 cm³/mol. The average molecular weight is 227 g/mol. The first-order valence-electron chi connectivity index (χ1n) is 5.26. The zero-order valence-corrected chi connectivity index (χ0v) is 9.45. The molecule has 0 saturated carbocycles. The van der Waals surface area contributed by atoms with Gasteiger partial charge in [-0.2, -0.15) is 0 Å². The molecule has 4 heteroatoms. The van der Waals surface area contributed by atoms with Crippen molar-refractivity contribution in [2.45, 2.75) is 13.0 Å². The van der Waals surface area contributed by atoms with Crippen LogP contribution in [-0.4, -0.2) is 16.9 Å². The second-order valence-electron chi connectivity index (χ2n) is 3.86. The maximum Gasteiger partial charge on any atom is 0.268 e. The number of anilines is 1. The van der Waals surface area contributed by atoms with Gasteiger partial charge in [-0.25, -0.2) is 0 Å². The van der Waals surface area contributed by atoms with Gasteiger partial charge in [0, 0.05) is 5.39 Å². The van der Waals surface area contributed by atoms with E-state index in [-0.39, 0.29) is 11.9 Å². The summed E-state index contributed by atoms with van der Waals surface area (Å²) in [6.07, 6.45) is 5.20. The fourth-order valence-electron chi connectivity index (χ4n) is 1.62. The fourth-order valence-corrected chi connectivity index (χ4v) is 1.62. The van der Waals surface area contributed by atoms with Crippen LogP contribution in [0.2, 0.25) is 0 Å². The van der Waals surface area contributed by atoms with Crippen LogP contribution >= 0.6 is 0 Å². The molecule has 0 aliphatic heterocycles. The van der Waals surface area contributed by atoms with Crippen LogP contribution in [0.15, 0.2) is 24.3 Å². The molecule has 0 bridgehead atoms. The summed E-state index contributed by atoms with van der Waals surface area (Å²) in [6, 6.07) is 6.97. The first kappa shape index (κ1) is 11.1. The van der Waals surface area contributed by atoms with Crippen LogP contribution in [0.4, 0.5) is 5.69 Å². The van der Waals surface area contributed by atoms with Gasteiger partial charge in [0.2, 0.25) is 0 Å². The zero-order valence-electron chi connectivity index (χ0n) is 9.45. The quantitative estimate of drug-likeness (QED) is 0.537. The lowest BCUT2D eigenvalue weighted by atomic mass is 10.2. The van der Waals surface area contributed by atoms with E-state index in [0.717, 1.165) is 10.9 Å². The molecule has 0 aliphatic carbocycles. The Morgan fingerprint density at radius 2 is 2.35 bits per heavy atom. The van der Waals surface area contributed by atoms with Crippen molar-refractivity contribution < 1.29 is 4.79 Å². The van der Waals surface area contributed by atoms with Gasteiger partial charge in [0.25, 0.3) is 5.91 Å². The monoisotopic (exact) mass is 227 g/mol. The molecular formula is C13H13N3O. The highest BCUT2D eigenvalue weighted by molar-refractivity contribution is 6.01. The summed E-state index contributed by atoms with van der Waals surface area (Å²) >= 11 is 0. The molecule has 0 saturated heterocycles. The fraction of sp³-hybridized carbons (Fsp3) is 0.154. The molecule has 17 heavy (non-hydrogen) atoms. The molecule has 0 aliphatic rings. The molecule has 1 aromatic heterocycles. The molecule has 1 atom stereocenters. The lowest BCUT2D eigenvalue weighted by Gasteiger charge is -2.05. The van der Waals surface area contributed by atoms with E-state index in [2.05, 4.69) is 16.2 Å². The first-order valence-corrected chi connectivity index (χ1v) is 5.26. The number of aromatic amines is 1.